The highest BCUT2D eigenvalue weighted by atomic mass is 16.5. The number of nitrogens with zero attached hydrogens (tertiary/aromatic N) is 1. The zero-order valence-corrected chi connectivity index (χ0v) is 16.8. The number of carbonyl (C=O) groups excluding carboxylic acids is 2. The van der Waals surface area contributed by atoms with Gasteiger partial charge in [0.25, 0.3) is 5.91 Å². The lowest BCUT2D eigenvalue weighted by Gasteiger charge is -2.21. The second-order valence-corrected chi connectivity index (χ2v) is 6.20. The van der Waals surface area contributed by atoms with Crippen molar-refractivity contribution in [2.75, 3.05) is 43.6 Å². The highest BCUT2D eigenvalue weighted by Gasteiger charge is 2.20. The number of hydrogen-bond donors (Lipinski definition) is 1. The lowest BCUT2D eigenvalue weighted by molar-refractivity contribution is -0.122. The summed E-state index contributed by atoms with van der Waals surface area (Å²) in [6.45, 7) is 8.82. The number of likely N-dealkylation sites (N-methyl/N-ethyl adjacent to an activating group) is 1. The maximum Gasteiger partial charge on any atom is 0.340 e. The molecule has 0 atom stereocenters. The Morgan fingerprint density at radius 1 is 1.22 bits per heavy atom. The topological polar surface area (TPSA) is 67.9 Å². The SMILES string of the molecule is C=CCOCC(=O)N(C)c1cc(NCCCCCC)ccc1C(=O)OCC. The van der Waals surface area contributed by atoms with E-state index in [9.17, 15) is 9.59 Å². The first-order valence-corrected chi connectivity index (χ1v) is 9.55. The number of amides is 1. The van der Waals surface area contributed by atoms with Crippen molar-refractivity contribution in [1.29, 1.82) is 0 Å². The Hall–Kier alpha value is -2.34. The zero-order valence-electron chi connectivity index (χ0n) is 16.8. The van der Waals surface area contributed by atoms with E-state index in [1.165, 1.54) is 24.2 Å². The Balaban J connectivity index is 2.92. The molecule has 0 aliphatic carbocycles. The van der Waals surface area contributed by atoms with Gasteiger partial charge in [-0.3, -0.25) is 4.79 Å². The van der Waals surface area contributed by atoms with Crippen LogP contribution in [0, 0.1) is 0 Å². The Morgan fingerprint density at radius 3 is 2.67 bits per heavy atom. The van der Waals surface area contributed by atoms with Gasteiger partial charge in [-0.1, -0.05) is 32.3 Å². The fraction of sp³-hybridized carbons (Fsp3) is 0.524. The molecule has 6 heteroatoms. The highest BCUT2D eigenvalue weighted by molar-refractivity contribution is 6.03. The third-order valence-corrected chi connectivity index (χ3v) is 4.05. The third-order valence-electron chi connectivity index (χ3n) is 4.05. The number of esters is 1. The molecule has 0 saturated heterocycles. The summed E-state index contributed by atoms with van der Waals surface area (Å²) in [7, 11) is 1.63. The van der Waals surface area contributed by atoms with E-state index in [2.05, 4.69) is 18.8 Å². The van der Waals surface area contributed by atoms with Crippen LogP contribution in [0.3, 0.4) is 0 Å². The molecule has 0 aliphatic rings. The van der Waals surface area contributed by atoms with E-state index in [1.807, 2.05) is 6.07 Å². The lowest BCUT2D eigenvalue weighted by Crippen LogP contribution is -2.31. The highest BCUT2D eigenvalue weighted by Crippen LogP contribution is 2.25. The molecule has 0 heterocycles. The van der Waals surface area contributed by atoms with Crippen molar-refractivity contribution in [2.24, 2.45) is 0 Å². The van der Waals surface area contributed by atoms with Crippen LogP contribution in [0.5, 0.6) is 0 Å². The van der Waals surface area contributed by atoms with Gasteiger partial charge in [-0.2, -0.15) is 0 Å². The van der Waals surface area contributed by atoms with Crippen LogP contribution in [-0.4, -0.2) is 45.3 Å². The molecule has 1 amide bonds. The minimum Gasteiger partial charge on any atom is -0.462 e. The van der Waals surface area contributed by atoms with E-state index in [0.29, 0.717) is 17.9 Å². The molecule has 0 aromatic heterocycles. The van der Waals surface area contributed by atoms with Crippen molar-refractivity contribution in [2.45, 2.75) is 39.5 Å². The van der Waals surface area contributed by atoms with Gasteiger partial charge in [0.1, 0.15) is 6.61 Å². The smallest absolute Gasteiger partial charge is 0.340 e. The number of nitrogens with one attached hydrogen (secondary N) is 1. The van der Waals surface area contributed by atoms with Crippen molar-refractivity contribution >= 4 is 23.3 Å². The van der Waals surface area contributed by atoms with Gasteiger partial charge in [0.2, 0.25) is 0 Å². The van der Waals surface area contributed by atoms with Crippen molar-refractivity contribution in [3.05, 3.63) is 36.4 Å². The van der Waals surface area contributed by atoms with Crippen molar-refractivity contribution in [3.63, 3.8) is 0 Å². The van der Waals surface area contributed by atoms with Crippen LogP contribution in [0.25, 0.3) is 0 Å². The number of hydrogen-bond acceptors (Lipinski definition) is 5. The van der Waals surface area contributed by atoms with Crippen LogP contribution in [0.15, 0.2) is 30.9 Å². The Bertz CT molecular complexity index is 616. The number of benzene rings is 1. The quantitative estimate of drug-likeness (QED) is 0.320. The molecular formula is C21H32N2O4. The molecule has 0 saturated carbocycles. The molecule has 1 aromatic rings. The average Bonchev–Trinajstić information content (AvgIpc) is 2.67. The van der Waals surface area contributed by atoms with Crippen LogP contribution < -0.4 is 10.2 Å². The molecular weight excluding hydrogens is 344 g/mol. The number of anilines is 2. The first-order chi connectivity index (χ1) is 13.0. The van der Waals surface area contributed by atoms with Gasteiger partial charge in [0.05, 0.1) is 24.5 Å². The first kappa shape index (κ1) is 22.7. The van der Waals surface area contributed by atoms with Crippen molar-refractivity contribution < 1.29 is 19.1 Å². The Kier molecular flexibility index (Phi) is 10.9. The molecule has 0 radical (unpaired) electrons. The maximum absolute atomic E-state index is 12.4. The van der Waals surface area contributed by atoms with E-state index in [4.69, 9.17) is 9.47 Å². The number of rotatable bonds is 13. The van der Waals surface area contributed by atoms with Gasteiger partial charge in [-0.15, -0.1) is 6.58 Å². The molecule has 1 N–H and O–H groups in total. The van der Waals surface area contributed by atoms with Gasteiger partial charge in [-0.05, 0) is 31.5 Å². The average molecular weight is 376 g/mol. The van der Waals surface area contributed by atoms with E-state index in [1.54, 1.807) is 32.2 Å². The van der Waals surface area contributed by atoms with E-state index >= 15 is 0 Å². The predicted molar refractivity (Wildman–Crippen MR) is 109 cm³/mol. The minimum atomic E-state index is -0.450. The second kappa shape index (κ2) is 12.9. The predicted octanol–water partition coefficient (Wildman–Crippen LogP) is 4.02. The summed E-state index contributed by atoms with van der Waals surface area (Å²) in [5.74, 6) is -0.698. The largest absolute Gasteiger partial charge is 0.462 e. The second-order valence-electron chi connectivity index (χ2n) is 6.20. The zero-order chi connectivity index (χ0) is 20.1. The first-order valence-electron chi connectivity index (χ1n) is 9.55. The van der Waals surface area contributed by atoms with Crippen LogP contribution in [-0.2, 0) is 14.3 Å². The summed E-state index contributed by atoms with van der Waals surface area (Å²) in [4.78, 5) is 26.1. The van der Waals surface area contributed by atoms with Crippen LogP contribution >= 0.6 is 0 Å². The molecule has 6 nitrogen and oxygen atoms in total. The van der Waals surface area contributed by atoms with Gasteiger partial charge >= 0.3 is 5.97 Å². The molecule has 1 rings (SSSR count). The number of carbonyl (C=O) groups is 2. The third kappa shape index (κ3) is 7.83. The van der Waals surface area contributed by atoms with Crippen molar-refractivity contribution in [3.8, 4) is 0 Å². The molecule has 0 fully saturated rings. The van der Waals surface area contributed by atoms with Crippen LogP contribution in [0.4, 0.5) is 11.4 Å². The van der Waals surface area contributed by atoms with Gasteiger partial charge < -0.3 is 19.7 Å². The molecule has 0 aliphatic heterocycles. The van der Waals surface area contributed by atoms with E-state index in [0.717, 1.165) is 18.7 Å². The van der Waals surface area contributed by atoms with Gasteiger partial charge in [0, 0.05) is 19.3 Å². The van der Waals surface area contributed by atoms with Crippen LogP contribution in [0.1, 0.15) is 49.9 Å². The Morgan fingerprint density at radius 2 is 2.00 bits per heavy atom. The van der Waals surface area contributed by atoms with Gasteiger partial charge in [0.15, 0.2) is 0 Å². The molecule has 1 aromatic carbocycles. The van der Waals surface area contributed by atoms with Crippen LogP contribution in [0.2, 0.25) is 0 Å². The Labute approximate surface area is 162 Å². The normalized spacial score (nSPS) is 10.3. The van der Waals surface area contributed by atoms with E-state index in [-0.39, 0.29) is 19.1 Å². The summed E-state index contributed by atoms with van der Waals surface area (Å²) in [5, 5.41) is 3.35. The molecule has 0 spiro atoms. The fourth-order valence-corrected chi connectivity index (χ4v) is 2.55. The standard InChI is InChI=1S/C21H32N2O4/c1-5-8-9-10-13-22-17-11-12-18(21(25)27-7-3)19(15-17)23(4)20(24)16-26-14-6-2/h6,11-12,15,22H,2,5,7-10,13-14,16H2,1,3-4H3. The molecule has 150 valence electrons. The summed E-state index contributed by atoms with van der Waals surface area (Å²) >= 11 is 0. The summed E-state index contributed by atoms with van der Waals surface area (Å²) in [6.07, 6.45) is 6.25. The van der Waals surface area contributed by atoms with E-state index < -0.39 is 5.97 Å². The number of unbranched alkanes of at least 4 members (excludes halogenated alkanes) is 3. The molecule has 27 heavy (non-hydrogen) atoms. The molecule has 0 unspecified atom stereocenters. The lowest BCUT2D eigenvalue weighted by atomic mass is 10.1. The maximum atomic E-state index is 12.4. The summed E-state index contributed by atoms with van der Waals surface area (Å²) in [6, 6.07) is 5.33. The summed E-state index contributed by atoms with van der Waals surface area (Å²) < 4.78 is 10.3. The summed E-state index contributed by atoms with van der Waals surface area (Å²) in [5.41, 5.74) is 1.72. The minimum absolute atomic E-state index is 0.0839. The molecule has 0 bridgehead atoms. The van der Waals surface area contributed by atoms with Crippen molar-refractivity contribution in [1.82, 2.24) is 0 Å². The number of ether oxygens (including phenoxy) is 2. The monoisotopic (exact) mass is 376 g/mol. The fourth-order valence-electron chi connectivity index (χ4n) is 2.55. The van der Waals surface area contributed by atoms with Gasteiger partial charge in [-0.25, -0.2) is 4.79 Å².